The monoisotopic (exact) mass is 224 g/mol. The lowest BCUT2D eigenvalue weighted by Crippen LogP contribution is -2.56. The molecule has 4 heteroatoms. The zero-order chi connectivity index (χ0) is 8.11. The van der Waals surface area contributed by atoms with Crippen molar-refractivity contribution in [3.05, 3.63) is 0 Å². The topological polar surface area (TPSA) is 0 Å². The third-order valence-electron chi connectivity index (χ3n) is 2.63. The molecule has 0 amide bonds. The third-order valence-corrected chi connectivity index (χ3v) is 8.11. The standard InChI is InChI=1S/C7H12S4/c1-6-2-3-7(6,9)10-4-5(8)11-6/h5,8-9H,2-4H2,1H3. The number of rotatable bonds is 0. The molecule has 1 aliphatic carbocycles. The van der Waals surface area contributed by atoms with Crippen molar-refractivity contribution in [1.29, 1.82) is 0 Å². The molecule has 2 rings (SSSR count). The molecule has 1 heterocycles. The van der Waals surface area contributed by atoms with Crippen molar-refractivity contribution in [3.8, 4) is 0 Å². The molecular formula is C7H12S4. The summed E-state index contributed by atoms with van der Waals surface area (Å²) in [5.41, 5.74) is 0. The summed E-state index contributed by atoms with van der Waals surface area (Å²) >= 11 is 13.2. The summed E-state index contributed by atoms with van der Waals surface area (Å²) < 4.78 is 1.17. The molecule has 0 bridgehead atoms. The van der Waals surface area contributed by atoms with Gasteiger partial charge >= 0.3 is 0 Å². The van der Waals surface area contributed by atoms with Gasteiger partial charge in [0.25, 0.3) is 0 Å². The zero-order valence-electron chi connectivity index (χ0n) is 6.41. The Morgan fingerprint density at radius 3 is 2.55 bits per heavy atom. The highest BCUT2D eigenvalue weighted by Gasteiger charge is 2.57. The molecule has 1 saturated carbocycles. The number of hydrogen-bond acceptors (Lipinski definition) is 4. The van der Waals surface area contributed by atoms with E-state index in [9.17, 15) is 0 Å². The van der Waals surface area contributed by atoms with Crippen LogP contribution in [0.3, 0.4) is 0 Å². The Bertz CT molecular complexity index is 183. The number of thiol groups is 2. The van der Waals surface area contributed by atoms with Crippen LogP contribution in [-0.4, -0.2) is 19.2 Å². The molecule has 0 N–H and O–H groups in total. The molecule has 3 unspecified atom stereocenters. The minimum absolute atomic E-state index is 0.261. The van der Waals surface area contributed by atoms with E-state index in [0.717, 1.165) is 5.75 Å². The maximum absolute atomic E-state index is 4.73. The van der Waals surface area contributed by atoms with Crippen molar-refractivity contribution in [2.45, 2.75) is 33.2 Å². The van der Waals surface area contributed by atoms with Crippen molar-refractivity contribution in [2.24, 2.45) is 0 Å². The molecule has 0 aromatic heterocycles. The predicted octanol–water partition coefficient (Wildman–Crippen LogP) is 2.90. The lowest BCUT2D eigenvalue weighted by atomic mass is 9.84. The van der Waals surface area contributed by atoms with Crippen LogP contribution in [0.4, 0.5) is 0 Å². The van der Waals surface area contributed by atoms with Gasteiger partial charge in [0.1, 0.15) is 0 Å². The molecule has 3 atom stereocenters. The highest BCUT2D eigenvalue weighted by molar-refractivity contribution is 8.19. The fourth-order valence-electron chi connectivity index (χ4n) is 1.61. The fourth-order valence-corrected chi connectivity index (χ4v) is 6.11. The lowest BCUT2D eigenvalue weighted by Gasteiger charge is -2.58. The molecule has 0 nitrogen and oxygen atoms in total. The van der Waals surface area contributed by atoms with Crippen LogP contribution in [0.15, 0.2) is 0 Å². The predicted molar refractivity (Wildman–Crippen MR) is 62.2 cm³/mol. The van der Waals surface area contributed by atoms with Crippen LogP contribution in [0, 0.1) is 0 Å². The first-order valence-corrected chi connectivity index (χ1v) is 6.61. The molecule has 1 aliphatic heterocycles. The van der Waals surface area contributed by atoms with E-state index in [0.29, 0.717) is 9.33 Å². The summed E-state index contributed by atoms with van der Waals surface area (Å²) in [6, 6.07) is 0. The minimum atomic E-state index is 0.261. The SMILES string of the molecule is CC12CCC1(S)SCC(S)S2. The molecule has 11 heavy (non-hydrogen) atoms. The van der Waals surface area contributed by atoms with E-state index in [-0.39, 0.29) is 4.08 Å². The summed E-state index contributed by atoms with van der Waals surface area (Å²) in [5, 5.41) is 0. The number of thioether (sulfide) groups is 2. The highest BCUT2D eigenvalue weighted by Crippen LogP contribution is 2.65. The second kappa shape index (κ2) is 2.69. The largest absolute Gasteiger partial charge is 0.164 e. The Labute approximate surface area is 87.5 Å². The quantitative estimate of drug-likeness (QED) is 0.607. The highest BCUT2D eigenvalue weighted by atomic mass is 32.2. The Kier molecular flexibility index (Phi) is 2.20. The van der Waals surface area contributed by atoms with Gasteiger partial charge < -0.3 is 0 Å². The van der Waals surface area contributed by atoms with Crippen molar-refractivity contribution >= 4 is 48.8 Å². The molecule has 0 aromatic rings. The number of hydrogen-bond donors (Lipinski definition) is 2. The summed E-state index contributed by atoms with van der Waals surface area (Å²) in [5.74, 6) is 1.15. The van der Waals surface area contributed by atoms with Crippen LogP contribution >= 0.6 is 48.8 Å². The molecule has 2 fully saturated rings. The normalized spacial score (nSPS) is 56.5. The van der Waals surface area contributed by atoms with Crippen LogP contribution in [-0.2, 0) is 0 Å². The minimum Gasteiger partial charge on any atom is -0.164 e. The van der Waals surface area contributed by atoms with E-state index in [1.165, 1.54) is 12.8 Å². The second-order valence-electron chi connectivity index (χ2n) is 3.40. The van der Waals surface area contributed by atoms with Crippen LogP contribution < -0.4 is 0 Å². The Morgan fingerprint density at radius 2 is 2.18 bits per heavy atom. The van der Waals surface area contributed by atoms with Gasteiger partial charge in [0, 0.05) is 10.5 Å². The average molecular weight is 224 g/mol. The maximum atomic E-state index is 4.73. The van der Waals surface area contributed by atoms with Gasteiger partial charge in [-0.15, -0.1) is 23.5 Å². The molecule has 64 valence electrons. The van der Waals surface area contributed by atoms with E-state index < -0.39 is 0 Å². The Hall–Kier alpha value is 1.40. The van der Waals surface area contributed by atoms with Crippen molar-refractivity contribution in [1.82, 2.24) is 0 Å². The number of fused-ring (bicyclic) bond motifs is 1. The Balaban J connectivity index is 2.15. The summed E-state index contributed by atoms with van der Waals surface area (Å²) in [7, 11) is 0. The molecule has 2 aliphatic rings. The molecule has 0 aromatic carbocycles. The first kappa shape index (κ1) is 8.97. The van der Waals surface area contributed by atoms with Gasteiger partial charge in [-0.25, -0.2) is 0 Å². The first-order valence-electron chi connectivity index (χ1n) is 3.78. The summed E-state index contributed by atoms with van der Waals surface area (Å²) in [6.45, 7) is 2.32. The average Bonchev–Trinajstić information content (AvgIpc) is 1.95. The Morgan fingerprint density at radius 1 is 1.45 bits per heavy atom. The van der Waals surface area contributed by atoms with Crippen molar-refractivity contribution in [3.63, 3.8) is 0 Å². The van der Waals surface area contributed by atoms with E-state index in [2.05, 4.69) is 19.6 Å². The van der Waals surface area contributed by atoms with Gasteiger partial charge in [-0.05, 0) is 19.8 Å². The van der Waals surface area contributed by atoms with Gasteiger partial charge in [-0.1, -0.05) is 0 Å². The molecule has 0 spiro atoms. The van der Waals surface area contributed by atoms with Crippen LogP contribution in [0.25, 0.3) is 0 Å². The molecule has 0 radical (unpaired) electrons. The molecule has 1 saturated heterocycles. The van der Waals surface area contributed by atoms with E-state index in [4.69, 9.17) is 12.6 Å². The van der Waals surface area contributed by atoms with E-state index >= 15 is 0 Å². The van der Waals surface area contributed by atoms with Crippen LogP contribution in [0.2, 0.25) is 0 Å². The van der Waals surface area contributed by atoms with Crippen molar-refractivity contribution < 1.29 is 0 Å². The second-order valence-corrected chi connectivity index (χ2v) is 8.46. The van der Waals surface area contributed by atoms with Crippen LogP contribution in [0.5, 0.6) is 0 Å². The summed E-state index contributed by atoms with van der Waals surface area (Å²) in [4.78, 5) is 0. The van der Waals surface area contributed by atoms with E-state index in [1.807, 2.05) is 23.5 Å². The van der Waals surface area contributed by atoms with Gasteiger partial charge in [-0.2, -0.15) is 25.3 Å². The molecular weight excluding hydrogens is 212 g/mol. The maximum Gasteiger partial charge on any atom is 0.0726 e. The first-order chi connectivity index (χ1) is 5.06. The zero-order valence-corrected chi connectivity index (χ0v) is 9.83. The third kappa shape index (κ3) is 1.25. The fraction of sp³-hybridized carbons (Fsp3) is 1.00. The van der Waals surface area contributed by atoms with Gasteiger partial charge in [0.05, 0.1) is 8.66 Å². The van der Waals surface area contributed by atoms with Gasteiger partial charge in [0.15, 0.2) is 0 Å². The van der Waals surface area contributed by atoms with E-state index in [1.54, 1.807) is 0 Å². The summed E-state index contributed by atoms with van der Waals surface area (Å²) in [6.07, 6.45) is 2.58. The van der Waals surface area contributed by atoms with Gasteiger partial charge in [-0.3, -0.25) is 0 Å². The lowest BCUT2D eigenvalue weighted by molar-refractivity contribution is 0.376. The smallest absolute Gasteiger partial charge is 0.0726 e. The van der Waals surface area contributed by atoms with Gasteiger partial charge in [0.2, 0.25) is 0 Å². The van der Waals surface area contributed by atoms with Crippen molar-refractivity contribution in [2.75, 3.05) is 5.75 Å². The van der Waals surface area contributed by atoms with Crippen LogP contribution in [0.1, 0.15) is 19.8 Å².